The number of β-amino-alcohol motifs (C(OH)–C–C–N with tert-alkyl or cyclic N) is 1. The van der Waals surface area contributed by atoms with Gasteiger partial charge in [0.05, 0.1) is 13.1 Å². The average Bonchev–Trinajstić information content (AvgIpc) is 2.55. The Morgan fingerprint density at radius 3 is 2.60 bits per heavy atom. The first kappa shape index (κ1) is 19.5. The van der Waals surface area contributed by atoms with Crippen molar-refractivity contribution in [3.8, 4) is 5.75 Å². The molecule has 138 valence electrons. The van der Waals surface area contributed by atoms with Gasteiger partial charge >= 0.3 is 0 Å². The van der Waals surface area contributed by atoms with Gasteiger partial charge in [0.1, 0.15) is 18.0 Å². The second-order valence-electron chi connectivity index (χ2n) is 6.71. The molecular weight excluding hydrogens is 344 g/mol. The molecule has 2 rings (SSSR count). The Labute approximate surface area is 153 Å². The van der Waals surface area contributed by atoms with Gasteiger partial charge in [-0.05, 0) is 49.9 Å². The number of benzene rings is 1. The highest BCUT2D eigenvalue weighted by molar-refractivity contribution is 6.32. The largest absolute Gasteiger partial charge is 0.491 e. The summed E-state index contributed by atoms with van der Waals surface area (Å²) in [5, 5.41) is 14.0. The summed E-state index contributed by atoms with van der Waals surface area (Å²) >= 11 is 6.15. The van der Waals surface area contributed by atoms with Crippen molar-refractivity contribution in [1.29, 1.82) is 0 Å². The fourth-order valence-corrected chi connectivity index (χ4v) is 3.07. The summed E-state index contributed by atoms with van der Waals surface area (Å²) in [4.78, 5) is 24.6. The Bertz CT molecular complexity index is 641. The van der Waals surface area contributed by atoms with Crippen LogP contribution in [-0.4, -0.2) is 53.7 Å². The number of carbonyl (C=O) groups excluding carboxylic acids is 2. The van der Waals surface area contributed by atoms with Gasteiger partial charge in [-0.1, -0.05) is 11.6 Å². The van der Waals surface area contributed by atoms with Gasteiger partial charge in [-0.25, -0.2) is 0 Å². The topological polar surface area (TPSA) is 78.9 Å². The second kappa shape index (κ2) is 8.06. The number of aryl methyl sites for hydroxylation is 2. The molecule has 7 heteroatoms. The molecule has 6 nitrogen and oxygen atoms in total. The van der Waals surface area contributed by atoms with Crippen molar-refractivity contribution < 1.29 is 19.4 Å². The number of aliphatic hydroxyl groups is 1. The third-order valence-corrected chi connectivity index (χ3v) is 4.91. The molecule has 2 amide bonds. The molecule has 1 aliphatic rings. The number of amides is 2. The van der Waals surface area contributed by atoms with E-state index in [2.05, 4.69) is 5.32 Å². The van der Waals surface area contributed by atoms with Crippen molar-refractivity contribution in [2.45, 2.75) is 39.2 Å². The molecule has 1 aromatic rings. The van der Waals surface area contributed by atoms with Crippen LogP contribution < -0.4 is 10.1 Å². The highest BCUT2D eigenvalue weighted by Crippen LogP contribution is 2.28. The van der Waals surface area contributed by atoms with Crippen LogP contribution in [0.3, 0.4) is 0 Å². The molecule has 1 unspecified atom stereocenters. The Morgan fingerprint density at radius 2 is 2.00 bits per heavy atom. The minimum absolute atomic E-state index is 0.0537. The molecule has 0 radical (unpaired) electrons. The third-order valence-electron chi connectivity index (χ3n) is 4.31. The van der Waals surface area contributed by atoms with E-state index in [9.17, 15) is 14.7 Å². The Balaban J connectivity index is 1.96. The predicted octanol–water partition coefficient (Wildman–Crippen LogP) is 1.83. The summed E-state index contributed by atoms with van der Waals surface area (Å²) < 4.78 is 5.78. The number of nitrogens with one attached hydrogen (secondary N) is 1. The fraction of sp³-hybridized carbons (Fsp3) is 0.556. The zero-order chi connectivity index (χ0) is 18.6. The highest BCUT2D eigenvalue weighted by atomic mass is 35.5. The number of piperidine rings is 1. The van der Waals surface area contributed by atoms with Gasteiger partial charge in [-0.2, -0.15) is 0 Å². The molecule has 2 N–H and O–H groups in total. The third kappa shape index (κ3) is 5.34. The maximum atomic E-state index is 12.1. The standard InChI is InChI=1S/C18H25ClN2O4/c1-12-7-15(8-13(2)17(12)19)25-11-18(24)5-4-6-21(10-18)16(23)9-20-14(3)22/h7-8,24H,4-6,9-11H2,1-3H3,(H,20,22). The van der Waals surface area contributed by atoms with E-state index in [1.165, 1.54) is 6.92 Å². The van der Waals surface area contributed by atoms with Crippen LogP contribution in [0.4, 0.5) is 0 Å². The van der Waals surface area contributed by atoms with Crippen LogP contribution in [0.25, 0.3) is 0 Å². The molecule has 1 saturated heterocycles. The van der Waals surface area contributed by atoms with E-state index in [1.54, 1.807) is 4.90 Å². The Kier molecular flexibility index (Phi) is 6.30. The van der Waals surface area contributed by atoms with Gasteiger partial charge in [-0.3, -0.25) is 9.59 Å². The fourth-order valence-electron chi connectivity index (χ4n) is 2.96. The lowest BCUT2D eigenvalue weighted by Crippen LogP contribution is -2.54. The molecule has 0 saturated carbocycles. The average molecular weight is 369 g/mol. The van der Waals surface area contributed by atoms with E-state index < -0.39 is 5.60 Å². The summed E-state index contributed by atoms with van der Waals surface area (Å²) in [6, 6.07) is 3.67. The highest BCUT2D eigenvalue weighted by Gasteiger charge is 2.36. The maximum Gasteiger partial charge on any atom is 0.242 e. The molecule has 0 aromatic heterocycles. The molecule has 0 spiro atoms. The number of halogens is 1. The molecule has 0 aliphatic carbocycles. The summed E-state index contributed by atoms with van der Waals surface area (Å²) in [7, 11) is 0. The van der Waals surface area contributed by atoms with Crippen molar-refractivity contribution in [3.05, 3.63) is 28.3 Å². The lowest BCUT2D eigenvalue weighted by atomic mass is 9.93. The van der Waals surface area contributed by atoms with Crippen LogP contribution in [-0.2, 0) is 9.59 Å². The van der Waals surface area contributed by atoms with Gasteiger partial charge in [0.2, 0.25) is 11.8 Å². The smallest absolute Gasteiger partial charge is 0.242 e. The van der Waals surface area contributed by atoms with Crippen molar-refractivity contribution >= 4 is 23.4 Å². The van der Waals surface area contributed by atoms with E-state index in [0.717, 1.165) is 11.1 Å². The molecule has 0 bridgehead atoms. The molecule has 1 atom stereocenters. The number of nitrogens with zero attached hydrogens (tertiary/aromatic N) is 1. The maximum absolute atomic E-state index is 12.1. The monoisotopic (exact) mass is 368 g/mol. The van der Waals surface area contributed by atoms with E-state index in [4.69, 9.17) is 16.3 Å². The first-order chi connectivity index (χ1) is 11.7. The number of ether oxygens (including phenoxy) is 1. The summed E-state index contributed by atoms with van der Waals surface area (Å²) in [5.74, 6) is 0.193. The summed E-state index contributed by atoms with van der Waals surface area (Å²) in [6.07, 6.45) is 1.24. The lowest BCUT2D eigenvalue weighted by Gasteiger charge is -2.39. The molecule has 1 aromatic carbocycles. The van der Waals surface area contributed by atoms with Crippen LogP contribution >= 0.6 is 11.6 Å². The molecule has 1 fully saturated rings. The molecule has 1 heterocycles. The van der Waals surface area contributed by atoms with Crippen LogP contribution in [0.15, 0.2) is 12.1 Å². The number of hydrogen-bond acceptors (Lipinski definition) is 4. The van der Waals surface area contributed by atoms with E-state index in [0.29, 0.717) is 30.2 Å². The number of carbonyl (C=O) groups is 2. The quantitative estimate of drug-likeness (QED) is 0.831. The second-order valence-corrected chi connectivity index (χ2v) is 7.09. The summed E-state index contributed by atoms with van der Waals surface area (Å²) in [5.41, 5.74) is 0.727. The van der Waals surface area contributed by atoms with Crippen molar-refractivity contribution in [1.82, 2.24) is 10.2 Å². The first-order valence-electron chi connectivity index (χ1n) is 8.34. The van der Waals surface area contributed by atoms with E-state index in [-0.39, 0.29) is 31.5 Å². The van der Waals surface area contributed by atoms with Gasteiger partial charge < -0.3 is 20.1 Å². The number of hydrogen-bond donors (Lipinski definition) is 2. The Hall–Kier alpha value is -1.79. The van der Waals surface area contributed by atoms with Crippen molar-refractivity contribution in [2.24, 2.45) is 0 Å². The van der Waals surface area contributed by atoms with E-state index in [1.807, 2.05) is 26.0 Å². The summed E-state index contributed by atoms with van der Waals surface area (Å²) in [6.45, 7) is 5.97. The van der Waals surface area contributed by atoms with Crippen LogP contribution in [0.2, 0.25) is 5.02 Å². The SMILES string of the molecule is CC(=O)NCC(=O)N1CCCC(O)(COc2cc(C)c(Cl)c(C)c2)C1. The van der Waals surface area contributed by atoms with Crippen LogP contribution in [0.1, 0.15) is 30.9 Å². The van der Waals surface area contributed by atoms with Crippen LogP contribution in [0, 0.1) is 13.8 Å². The number of rotatable bonds is 5. The molecule has 25 heavy (non-hydrogen) atoms. The molecule has 1 aliphatic heterocycles. The normalized spacial score (nSPS) is 20.3. The minimum Gasteiger partial charge on any atom is -0.491 e. The van der Waals surface area contributed by atoms with Gasteiger partial charge in [0.25, 0.3) is 0 Å². The molecular formula is C18H25ClN2O4. The Morgan fingerprint density at radius 1 is 1.36 bits per heavy atom. The zero-order valence-electron chi connectivity index (χ0n) is 14.9. The zero-order valence-corrected chi connectivity index (χ0v) is 15.7. The lowest BCUT2D eigenvalue weighted by molar-refractivity contribution is -0.140. The van der Waals surface area contributed by atoms with Crippen LogP contribution in [0.5, 0.6) is 5.75 Å². The number of likely N-dealkylation sites (tertiary alicyclic amines) is 1. The van der Waals surface area contributed by atoms with Gasteiger partial charge in [-0.15, -0.1) is 0 Å². The predicted molar refractivity (Wildman–Crippen MR) is 95.9 cm³/mol. The minimum atomic E-state index is -1.11. The van der Waals surface area contributed by atoms with Gasteiger partial charge in [0, 0.05) is 18.5 Å². The van der Waals surface area contributed by atoms with Crippen molar-refractivity contribution in [3.63, 3.8) is 0 Å². The van der Waals surface area contributed by atoms with Crippen molar-refractivity contribution in [2.75, 3.05) is 26.2 Å². The van der Waals surface area contributed by atoms with Gasteiger partial charge in [0.15, 0.2) is 0 Å². The first-order valence-corrected chi connectivity index (χ1v) is 8.72. The van der Waals surface area contributed by atoms with E-state index >= 15 is 0 Å².